The summed E-state index contributed by atoms with van der Waals surface area (Å²) in [5.41, 5.74) is -4.84. The van der Waals surface area contributed by atoms with Gasteiger partial charge in [-0.05, 0) is 18.2 Å². The van der Waals surface area contributed by atoms with Crippen LogP contribution in [0.2, 0.25) is 0 Å². The van der Waals surface area contributed by atoms with Gasteiger partial charge in [-0.15, -0.1) is 0 Å². The van der Waals surface area contributed by atoms with Crippen molar-refractivity contribution >= 4 is 29.0 Å². The van der Waals surface area contributed by atoms with Crippen LogP contribution in [0.3, 0.4) is 0 Å². The Morgan fingerprint density at radius 2 is 1.44 bits per heavy atom. The molecule has 0 bridgehead atoms. The Morgan fingerprint density at radius 1 is 0.889 bits per heavy atom. The molecule has 0 aliphatic heterocycles. The average molecular weight is 384 g/mol. The zero-order valence-electron chi connectivity index (χ0n) is 12.9. The maximum absolute atomic E-state index is 12.7. The third kappa shape index (κ3) is 4.39. The smallest absolute Gasteiger partial charge is 0.258 e. The van der Waals surface area contributed by atoms with Crippen LogP contribution in [-0.2, 0) is 6.18 Å². The predicted molar refractivity (Wildman–Crippen MR) is 85.1 cm³/mol. The van der Waals surface area contributed by atoms with Gasteiger partial charge in [0.2, 0.25) is 0 Å². The molecule has 10 nitrogen and oxygen atoms in total. The third-order valence-electron chi connectivity index (χ3n) is 3.24. The highest BCUT2D eigenvalue weighted by Gasteiger charge is 2.31. The number of non-ortho nitro benzene ring substituents is 1. The summed E-state index contributed by atoms with van der Waals surface area (Å²) in [4.78, 5) is 33.4. The molecule has 0 amide bonds. The van der Waals surface area contributed by atoms with Gasteiger partial charge in [0.25, 0.3) is 17.1 Å². The molecule has 2 aromatic rings. The Balaban J connectivity index is 2.61. The minimum Gasteiger partial charge on any atom is -0.258 e. The van der Waals surface area contributed by atoms with Gasteiger partial charge in [0.1, 0.15) is 5.56 Å². The van der Waals surface area contributed by atoms with Crippen LogP contribution in [-0.4, -0.2) is 21.0 Å². The summed E-state index contributed by atoms with van der Waals surface area (Å²) in [5, 5.41) is 33.0. The highest BCUT2D eigenvalue weighted by Crippen LogP contribution is 2.34. The highest BCUT2D eigenvalue weighted by molar-refractivity contribution is 5.93. The number of benzene rings is 2. The van der Waals surface area contributed by atoms with E-state index in [0.29, 0.717) is 24.4 Å². The van der Waals surface area contributed by atoms with Gasteiger partial charge in [0.05, 0.1) is 38.2 Å². The number of nitro benzene ring substituents is 3. The minimum atomic E-state index is -4.66. The SMILES string of the molecule is O=[N+]([O-])c1cc([N+](=O)[O-])c(C=Nc2cccc(C(F)(F)F)c2)c([N+](=O)[O-])c1. The molecule has 13 heteroatoms. The van der Waals surface area contributed by atoms with Gasteiger partial charge < -0.3 is 0 Å². The van der Waals surface area contributed by atoms with Gasteiger partial charge in [-0.2, -0.15) is 13.2 Å². The second kappa shape index (κ2) is 7.15. The molecule has 2 aromatic carbocycles. The maximum Gasteiger partial charge on any atom is 0.416 e. The van der Waals surface area contributed by atoms with E-state index in [-0.39, 0.29) is 5.69 Å². The van der Waals surface area contributed by atoms with Crippen LogP contribution in [0.5, 0.6) is 0 Å². The number of nitrogens with zero attached hydrogens (tertiary/aromatic N) is 4. The molecule has 0 fully saturated rings. The number of hydrogen-bond acceptors (Lipinski definition) is 7. The Hall–Kier alpha value is -3.90. The molecular formula is C14H7F3N4O6. The van der Waals surface area contributed by atoms with Crippen LogP contribution in [0.4, 0.5) is 35.9 Å². The van der Waals surface area contributed by atoms with Crippen molar-refractivity contribution in [3.8, 4) is 0 Å². The first kappa shape index (κ1) is 19.4. The summed E-state index contributed by atoms with van der Waals surface area (Å²) in [6.45, 7) is 0. The molecule has 0 unspecified atom stereocenters. The fourth-order valence-electron chi connectivity index (χ4n) is 2.05. The summed E-state index contributed by atoms with van der Waals surface area (Å²) >= 11 is 0. The van der Waals surface area contributed by atoms with E-state index in [1.807, 2.05) is 0 Å². The van der Waals surface area contributed by atoms with Crippen LogP contribution in [0.1, 0.15) is 11.1 Å². The van der Waals surface area contributed by atoms with E-state index < -0.39 is 49.1 Å². The van der Waals surface area contributed by atoms with Crippen LogP contribution in [0, 0.1) is 30.3 Å². The molecule has 27 heavy (non-hydrogen) atoms. The van der Waals surface area contributed by atoms with Crippen LogP contribution in [0.15, 0.2) is 41.4 Å². The maximum atomic E-state index is 12.7. The van der Waals surface area contributed by atoms with Crippen molar-refractivity contribution in [2.45, 2.75) is 6.18 Å². The lowest BCUT2D eigenvalue weighted by Gasteiger charge is -2.06. The number of aliphatic imine (C=N–C) groups is 1. The fourth-order valence-corrected chi connectivity index (χ4v) is 2.05. The van der Waals surface area contributed by atoms with Crippen molar-refractivity contribution in [2.75, 3.05) is 0 Å². The fraction of sp³-hybridized carbons (Fsp3) is 0.0714. The lowest BCUT2D eigenvalue weighted by molar-refractivity contribution is -0.403. The van der Waals surface area contributed by atoms with Gasteiger partial charge in [-0.3, -0.25) is 35.3 Å². The topological polar surface area (TPSA) is 142 Å². The first-order valence-electron chi connectivity index (χ1n) is 6.83. The van der Waals surface area contributed by atoms with E-state index >= 15 is 0 Å². The van der Waals surface area contributed by atoms with Crippen molar-refractivity contribution in [3.05, 3.63) is 77.9 Å². The van der Waals surface area contributed by atoms with Gasteiger partial charge in [-0.25, -0.2) is 0 Å². The minimum absolute atomic E-state index is 0.272. The molecule has 140 valence electrons. The van der Waals surface area contributed by atoms with Crippen molar-refractivity contribution < 1.29 is 27.9 Å². The quantitative estimate of drug-likeness (QED) is 0.430. The first-order chi connectivity index (χ1) is 12.5. The molecule has 0 radical (unpaired) electrons. The van der Waals surface area contributed by atoms with Crippen LogP contribution < -0.4 is 0 Å². The second-order valence-electron chi connectivity index (χ2n) is 4.98. The molecule has 2 rings (SSSR count). The molecule has 0 heterocycles. The molecule has 0 aliphatic rings. The standard InChI is InChI=1S/C14H7F3N4O6/c15-14(16,17)8-2-1-3-9(4-8)18-7-11-12(20(24)25)5-10(19(22)23)6-13(11)21(26)27/h1-7H. The van der Waals surface area contributed by atoms with Crippen molar-refractivity contribution in [2.24, 2.45) is 4.99 Å². The lowest BCUT2D eigenvalue weighted by Crippen LogP contribution is -2.04. The second-order valence-corrected chi connectivity index (χ2v) is 4.98. The molecule has 0 saturated carbocycles. The van der Waals surface area contributed by atoms with Crippen LogP contribution >= 0.6 is 0 Å². The zero-order chi connectivity index (χ0) is 20.4. The van der Waals surface area contributed by atoms with Gasteiger partial charge in [0.15, 0.2) is 0 Å². The Kier molecular flexibility index (Phi) is 5.14. The summed E-state index contributed by atoms with van der Waals surface area (Å²) in [6, 6.07) is 4.60. The van der Waals surface area contributed by atoms with Gasteiger partial charge >= 0.3 is 6.18 Å². The van der Waals surface area contributed by atoms with Crippen molar-refractivity contribution in [3.63, 3.8) is 0 Å². The normalized spacial score (nSPS) is 11.5. The largest absolute Gasteiger partial charge is 0.416 e. The van der Waals surface area contributed by atoms with E-state index in [1.54, 1.807) is 0 Å². The van der Waals surface area contributed by atoms with E-state index in [2.05, 4.69) is 4.99 Å². The highest BCUT2D eigenvalue weighted by atomic mass is 19.4. The lowest BCUT2D eigenvalue weighted by atomic mass is 10.1. The number of hydrogen-bond donors (Lipinski definition) is 0. The van der Waals surface area contributed by atoms with E-state index in [4.69, 9.17) is 0 Å². The van der Waals surface area contributed by atoms with Gasteiger partial charge in [0, 0.05) is 6.21 Å². The van der Waals surface area contributed by atoms with Crippen molar-refractivity contribution in [1.29, 1.82) is 0 Å². The van der Waals surface area contributed by atoms with E-state index in [1.165, 1.54) is 0 Å². The molecule has 0 spiro atoms. The zero-order valence-corrected chi connectivity index (χ0v) is 12.9. The van der Waals surface area contributed by atoms with Gasteiger partial charge in [-0.1, -0.05) is 6.07 Å². The molecule has 0 N–H and O–H groups in total. The number of rotatable bonds is 5. The summed E-state index contributed by atoms with van der Waals surface area (Å²) in [7, 11) is 0. The Labute approximate surface area is 147 Å². The Bertz CT molecular complexity index is 939. The van der Waals surface area contributed by atoms with E-state index in [0.717, 1.165) is 18.2 Å². The molecule has 0 aromatic heterocycles. The summed E-state index contributed by atoms with van der Waals surface area (Å²) < 4.78 is 38.1. The third-order valence-corrected chi connectivity index (χ3v) is 3.24. The first-order valence-corrected chi connectivity index (χ1v) is 6.83. The number of alkyl halides is 3. The molecule has 0 aliphatic carbocycles. The van der Waals surface area contributed by atoms with E-state index in [9.17, 15) is 43.5 Å². The molecule has 0 saturated heterocycles. The molecular weight excluding hydrogens is 377 g/mol. The summed E-state index contributed by atoms with van der Waals surface area (Å²) in [6.07, 6.45) is -4.04. The average Bonchev–Trinajstić information content (AvgIpc) is 2.58. The summed E-state index contributed by atoms with van der Waals surface area (Å²) in [5.74, 6) is 0. The van der Waals surface area contributed by atoms with Crippen molar-refractivity contribution in [1.82, 2.24) is 0 Å². The predicted octanol–water partition coefficient (Wildman–Crippen LogP) is 4.18. The number of nitro groups is 3. The molecule has 0 atom stereocenters. The Morgan fingerprint density at radius 3 is 1.89 bits per heavy atom. The number of halogens is 3. The van der Waals surface area contributed by atoms with Crippen LogP contribution in [0.25, 0.3) is 0 Å². The monoisotopic (exact) mass is 384 g/mol.